The van der Waals surface area contributed by atoms with Crippen molar-refractivity contribution in [2.45, 2.75) is 52.6 Å². The number of para-hydroxylation sites is 2. The monoisotopic (exact) mass is 273 g/mol. The Morgan fingerprint density at radius 2 is 2.00 bits per heavy atom. The van der Waals surface area contributed by atoms with Crippen LogP contribution in [0.5, 0.6) is 0 Å². The first-order chi connectivity index (χ1) is 9.76. The van der Waals surface area contributed by atoms with E-state index in [-0.39, 0.29) is 0 Å². The van der Waals surface area contributed by atoms with Gasteiger partial charge in [0.2, 0.25) is 0 Å². The molecular weight excluding hydrogens is 246 g/mol. The van der Waals surface area contributed by atoms with E-state index in [1.807, 2.05) is 12.4 Å². The first kappa shape index (κ1) is 15.0. The fourth-order valence-corrected chi connectivity index (χ4v) is 2.80. The van der Waals surface area contributed by atoms with Gasteiger partial charge in [-0.3, -0.25) is 0 Å². The predicted molar refractivity (Wildman–Crippen MR) is 85.9 cm³/mol. The lowest BCUT2D eigenvalue weighted by Crippen LogP contribution is -2.39. The third-order valence-corrected chi connectivity index (χ3v) is 4.01. The van der Waals surface area contributed by atoms with E-state index in [2.05, 4.69) is 53.8 Å². The maximum atomic E-state index is 4.49. The quantitative estimate of drug-likeness (QED) is 0.792. The van der Waals surface area contributed by atoms with Crippen molar-refractivity contribution in [3.05, 3.63) is 30.6 Å². The minimum absolute atomic E-state index is 0.521. The standard InChI is InChI=1S/C17H27N3/c1-4-8-14(3)16(18-11-5-2)12-20-13-19-15-9-6-7-10-17(15)20/h6-7,9-10,13-14,16,18H,4-5,8,11-12H2,1-3H3. The highest BCUT2D eigenvalue weighted by Crippen LogP contribution is 2.17. The molecule has 1 aromatic carbocycles. The lowest BCUT2D eigenvalue weighted by atomic mass is 9.96. The van der Waals surface area contributed by atoms with Gasteiger partial charge < -0.3 is 9.88 Å². The second-order valence-corrected chi connectivity index (χ2v) is 5.71. The van der Waals surface area contributed by atoms with Crippen molar-refractivity contribution in [1.82, 2.24) is 14.9 Å². The van der Waals surface area contributed by atoms with Gasteiger partial charge in [-0.2, -0.15) is 0 Å². The summed E-state index contributed by atoms with van der Waals surface area (Å²) in [5, 5.41) is 3.71. The first-order valence-corrected chi connectivity index (χ1v) is 7.89. The summed E-state index contributed by atoms with van der Waals surface area (Å²) >= 11 is 0. The third-order valence-electron chi connectivity index (χ3n) is 4.01. The van der Waals surface area contributed by atoms with Gasteiger partial charge in [-0.1, -0.05) is 39.3 Å². The number of rotatable bonds is 8. The van der Waals surface area contributed by atoms with Crippen LogP contribution in [0, 0.1) is 5.92 Å². The third kappa shape index (κ3) is 3.60. The van der Waals surface area contributed by atoms with E-state index in [1.54, 1.807) is 0 Å². The lowest BCUT2D eigenvalue weighted by Gasteiger charge is -2.25. The summed E-state index contributed by atoms with van der Waals surface area (Å²) in [6.07, 6.45) is 5.67. The van der Waals surface area contributed by atoms with Gasteiger partial charge in [-0.25, -0.2) is 4.98 Å². The van der Waals surface area contributed by atoms with Gasteiger partial charge in [0.05, 0.1) is 17.4 Å². The van der Waals surface area contributed by atoms with Gasteiger partial charge in [0.25, 0.3) is 0 Å². The smallest absolute Gasteiger partial charge is 0.0958 e. The summed E-state index contributed by atoms with van der Waals surface area (Å²) in [7, 11) is 0. The molecule has 20 heavy (non-hydrogen) atoms. The van der Waals surface area contributed by atoms with Crippen LogP contribution in [-0.2, 0) is 6.54 Å². The van der Waals surface area contributed by atoms with E-state index in [0.29, 0.717) is 12.0 Å². The van der Waals surface area contributed by atoms with Gasteiger partial charge in [-0.15, -0.1) is 0 Å². The fourth-order valence-electron chi connectivity index (χ4n) is 2.80. The van der Waals surface area contributed by atoms with E-state index >= 15 is 0 Å². The van der Waals surface area contributed by atoms with E-state index in [0.717, 1.165) is 18.6 Å². The minimum atomic E-state index is 0.521. The van der Waals surface area contributed by atoms with Crippen LogP contribution in [0.3, 0.4) is 0 Å². The Labute approximate surface area is 122 Å². The molecule has 0 aliphatic rings. The van der Waals surface area contributed by atoms with Crippen LogP contribution in [0.25, 0.3) is 11.0 Å². The van der Waals surface area contributed by atoms with E-state index in [1.165, 1.54) is 24.8 Å². The second kappa shape index (κ2) is 7.44. The van der Waals surface area contributed by atoms with Crippen LogP contribution in [-0.4, -0.2) is 22.1 Å². The molecule has 0 aliphatic carbocycles. The average molecular weight is 273 g/mol. The van der Waals surface area contributed by atoms with Crippen LogP contribution in [0.1, 0.15) is 40.0 Å². The highest BCUT2D eigenvalue weighted by atomic mass is 15.1. The lowest BCUT2D eigenvalue weighted by molar-refractivity contribution is 0.322. The highest BCUT2D eigenvalue weighted by Gasteiger charge is 2.17. The summed E-state index contributed by atoms with van der Waals surface area (Å²) in [4.78, 5) is 4.49. The minimum Gasteiger partial charge on any atom is -0.329 e. The Balaban J connectivity index is 2.13. The molecule has 0 aliphatic heterocycles. The first-order valence-electron chi connectivity index (χ1n) is 7.89. The van der Waals surface area contributed by atoms with Gasteiger partial charge >= 0.3 is 0 Å². The maximum absolute atomic E-state index is 4.49. The number of fused-ring (bicyclic) bond motifs is 1. The summed E-state index contributed by atoms with van der Waals surface area (Å²) in [5.74, 6) is 0.688. The Bertz CT molecular complexity index is 518. The van der Waals surface area contributed by atoms with Gasteiger partial charge in [-0.05, 0) is 37.4 Å². The molecule has 1 N–H and O–H groups in total. The number of nitrogens with zero attached hydrogens (tertiary/aromatic N) is 2. The van der Waals surface area contributed by atoms with Crippen LogP contribution in [0.4, 0.5) is 0 Å². The van der Waals surface area contributed by atoms with E-state index in [9.17, 15) is 0 Å². The molecule has 1 heterocycles. The van der Waals surface area contributed by atoms with Crippen molar-refractivity contribution in [1.29, 1.82) is 0 Å². The summed E-state index contributed by atoms with van der Waals surface area (Å²) < 4.78 is 2.29. The normalized spacial score (nSPS) is 14.6. The van der Waals surface area contributed by atoms with E-state index < -0.39 is 0 Å². The van der Waals surface area contributed by atoms with Crippen molar-refractivity contribution in [3.8, 4) is 0 Å². The molecule has 110 valence electrons. The molecule has 2 rings (SSSR count). The van der Waals surface area contributed by atoms with Crippen LogP contribution in [0.2, 0.25) is 0 Å². The van der Waals surface area contributed by atoms with Crippen LogP contribution >= 0.6 is 0 Å². The molecule has 0 radical (unpaired) electrons. The summed E-state index contributed by atoms with van der Waals surface area (Å²) in [6, 6.07) is 8.89. The molecule has 2 atom stereocenters. The van der Waals surface area contributed by atoms with Crippen molar-refractivity contribution in [2.24, 2.45) is 5.92 Å². The molecule has 0 saturated carbocycles. The molecular formula is C17H27N3. The molecule has 2 unspecified atom stereocenters. The zero-order valence-electron chi connectivity index (χ0n) is 13.0. The van der Waals surface area contributed by atoms with Crippen LogP contribution in [0.15, 0.2) is 30.6 Å². The molecule has 3 nitrogen and oxygen atoms in total. The number of hydrogen-bond acceptors (Lipinski definition) is 2. The Morgan fingerprint density at radius 3 is 2.75 bits per heavy atom. The largest absolute Gasteiger partial charge is 0.329 e. The van der Waals surface area contributed by atoms with Crippen LogP contribution < -0.4 is 5.32 Å². The van der Waals surface area contributed by atoms with Crippen molar-refractivity contribution in [2.75, 3.05) is 6.54 Å². The molecule has 2 aromatic rings. The van der Waals surface area contributed by atoms with Crippen molar-refractivity contribution in [3.63, 3.8) is 0 Å². The van der Waals surface area contributed by atoms with Gasteiger partial charge in [0, 0.05) is 12.6 Å². The molecule has 0 amide bonds. The topological polar surface area (TPSA) is 29.9 Å². The molecule has 0 saturated heterocycles. The van der Waals surface area contributed by atoms with Crippen molar-refractivity contribution >= 4 is 11.0 Å². The maximum Gasteiger partial charge on any atom is 0.0958 e. The van der Waals surface area contributed by atoms with Crippen molar-refractivity contribution < 1.29 is 0 Å². The Hall–Kier alpha value is -1.35. The molecule has 0 spiro atoms. The number of nitrogens with one attached hydrogen (secondary N) is 1. The summed E-state index contributed by atoms with van der Waals surface area (Å²) in [6.45, 7) is 8.93. The SMILES string of the molecule is CCCNC(Cn1cnc2ccccc21)C(C)CCC. The molecule has 0 bridgehead atoms. The fraction of sp³-hybridized carbons (Fsp3) is 0.588. The zero-order valence-corrected chi connectivity index (χ0v) is 13.0. The predicted octanol–water partition coefficient (Wildman–Crippen LogP) is 3.84. The van der Waals surface area contributed by atoms with Gasteiger partial charge in [0.1, 0.15) is 0 Å². The second-order valence-electron chi connectivity index (χ2n) is 5.71. The average Bonchev–Trinajstić information content (AvgIpc) is 2.87. The number of hydrogen-bond donors (Lipinski definition) is 1. The number of benzene rings is 1. The number of aromatic nitrogens is 2. The molecule has 1 aromatic heterocycles. The Morgan fingerprint density at radius 1 is 1.20 bits per heavy atom. The van der Waals surface area contributed by atoms with E-state index in [4.69, 9.17) is 0 Å². The molecule has 3 heteroatoms. The Kier molecular flexibility index (Phi) is 5.60. The molecule has 0 fully saturated rings. The number of imidazole rings is 1. The highest BCUT2D eigenvalue weighted by molar-refractivity contribution is 5.74. The van der Waals surface area contributed by atoms with Gasteiger partial charge in [0.15, 0.2) is 0 Å². The summed E-state index contributed by atoms with van der Waals surface area (Å²) in [5.41, 5.74) is 2.32. The zero-order chi connectivity index (χ0) is 14.4.